The van der Waals surface area contributed by atoms with Gasteiger partial charge in [0.1, 0.15) is 0 Å². The van der Waals surface area contributed by atoms with Gasteiger partial charge in [-0.15, -0.1) is 0 Å². The van der Waals surface area contributed by atoms with Crippen LogP contribution >= 0.6 is 31.9 Å². The molecule has 188 valence electrons. The number of nitrogens with one attached hydrogen (secondary N) is 2. The predicted molar refractivity (Wildman–Crippen MR) is 149 cm³/mol. The Morgan fingerprint density at radius 2 is 1.75 bits per heavy atom. The number of aryl methyl sites for hydroxylation is 2. The highest BCUT2D eigenvalue weighted by Crippen LogP contribution is 2.36. The van der Waals surface area contributed by atoms with Crippen molar-refractivity contribution in [2.45, 2.75) is 20.8 Å². The first-order chi connectivity index (χ1) is 17.2. The summed E-state index contributed by atoms with van der Waals surface area (Å²) in [5.41, 5.74) is 12.5. The molecule has 2 amide bonds. The summed E-state index contributed by atoms with van der Waals surface area (Å²) in [5, 5.41) is 6.86. The number of amides is 2. The van der Waals surface area contributed by atoms with Gasteiger partial charge in [0.15, 0.2) is 18.1 Å². The van der Waals surface area contributed by atoms with E-state index in [1.807, 2.05) is 32.9 Å². The second-order valence-corrected chi connectivity index (χ2v) is 9.51. The van der Waals surface area contributed by atoms with E-state index in [1.165, 1.54) is 6.21 Å². The lowest BCUT2D eigenvalue weighted by Gasteiger charge is -2.15. The standard InChI is InChI=1S/C26H26Br2N4O4/c1-4-35-23-12-17(13-30-32-26(34)18-7-5-6-8-21(18)29)11-20(28)25(23)36-14-24(33)31-22-10-16(3)15(2)9-19(22)27/h5-13H,4,14,29H2,1-3H3,(H,31,33)(H,32,34)/b30-13+. The first-order valence-electron chi connectivity index (χ1n) is 11.0. The van der Waals surface area contributed by atoms with Crippen LogP contribution in [0.1, 0.15) is 34.0 Å². The molecule has 0 atom stereocenters. The van der Waals surface area contributed by atoms with Gasteiger partial charge in [-0.25, -0.2) is 5.43 Å². The van der Waals surface area contributed by atoms with Crippen molar-refractivity contribution in [3.63, 3.8) is 0 Å². The highest BCUT2D eigenvalue weighted by molar-refractivity contribution is 9.11. The molecule has 0 fully saturated rings. The van der Waals surface area contributed by atoms with E-state index < -0.39 is 5.91 Å². The molecule has 3 aromatic carbocycles. The van der Waals surface area contributed by atoms with E-state index >= 15 is 0 Å². The minimum Gasteiger partial charge on any atom is -0.490 e. The van der Waals surface area contributed by atoms with Gasteiger partial charge in [-0.3, -0.25) is 9.59 Å². The molecule has 3 rings (SSSR count). The van der Waals surface area contributed by atoms with E-state index in [2.05, 4.69) is 47.7 Å². The summed E-state index contributed by atoms with van der Waals surface area (Å²) in [5.74, 6) is 0.0631. The van der Waals surface area contributed by atoms with Gasteiger partial charge >= 0.3 is 0 Å². The number of hydrogen-bond acceptors (Lipinski definition) is 6. The molecule has 0 saturated heterocycles. The number of benzene rings is 3. The van der Waals surface area contributed by atoms with Crippen LogP contribution in [0.15, 0.2) is 62.6 Å². The number of para-hydroxylation sites is 1. The highest BCUT2D eigenvalue weighted by Gasteiger charge is 2.15. The van der Waals surface area contributed by atoms with E-state index in [4.69, 9.17) is 15.2 Å². The van der Waals surface area contributed by atoms with Crippen molar-refractivity contribution in [1.82, 2.24) is 5.43 Å². The van der Waals surface area contributed by atoms with E-state index in [0.717, 1.165) is 15.6 Å². The van der Waals surface area contributed by atoms with E-state index in [0.29, 0.717) is 45.1 Å². The Balaban J connectivity index is 1.69. The zero-order chi connectivity index (χ0) is 26.2. The fourth-order valence-electron chi connectivity index (χ4n) is 3.20. The molecule has 3 aromatic rings. The van der Waals surface area contributed by atoms with Crippen LogP contribution in [0.2, 0.25) is 0 Å². The average molecular weight is 618 g/mol. The molecule has 0 bridgehead atoms. The lowest BCUT2D eigenvalue weighted by molar-refractivity contribution is -0.118. The van der Waals surface area contributed by atoms with Crippen LogP contribution in [-0.2, 0) is 4.79 Å². The number of carbonyl (C=O) groups excluding carboxylic acids is 2. The molecule has 36 heavy (non-hydrogen) atoms. The van der Waals surface area contributed by atoms with E-state index in [1.54, 1.807) is 36.4 Å². The van der Waals surface area contributed by atoms with Crippen LogP contribution in [0.5, 0.6) is 11.5 Å². The number of hydrogen-bond donors (Lipinski definition) is 3. The van der Waals surface area contributed by atoms with Crippen LogP contribution < -0.4 is 25.9 Å². The first-order valence-corrected chi connectivity index (χ1v) is 12.6. The quantitative estimate of drug-likeness (QED) is 0.164. The number of nitrogens with zero attached hydrogens (tertiary/aromatic N) is 1. The maximum absolute atomic E-state index is 12.5. The normalized spacial score (nSPS) is 10.8. The summed E-state index contributed by atoms with van der Waals surface area (Å²) in [7, 11) is 0. The van der Waals surface area contributed by atoms with Gasteiger partial charge in [-0.2, -0.15) is 5.10 Å². The lowest BCUT2D eigenvalue weighted by atomic mass is 10.1. The number of ether oxygens (including phenoxy) is 2. The molecule has 0 saturated carbocycles. The third kappa shape index (κ3) is 7.08. The number of nitrogens with two attached hydrogens (primary N) is 1. The number of hydrazone groups is 1. The monoisotopic (exact) mass is 616 g/mol. The van der Waals surface area contributed by atoms with Gasteiger partial charge in [0.2, 0.25) is 0 Å². The number of rotatable bonds is 9. The van der Waals surface area contributed by atoms with Gasteiger partial charge in [0.05, 0.1) is 28.5 Å². The van der Waals surface area contributed by atoms with Crippen molar-refractivity contribution in [1.29, 1.82) is 0 Å². The topological polar surface area (TPSA) is 115 Å². The molecular weight excluding hydrogens is 592 g/mol. The van der Waals surface area contributed by atoms with Gasteiger partial charge in [-0.1, -0.05) is 12.1 Å². The number of anilines is 2. The third-order valence-electron chi connectivity index (χ3n) is 5.12. The molecule has 0 aromatic heterocycles. The Labute approximate surface area is 226 Å². The molecule has 0 aliphatic carbocycles. The number of halogens is 2. The summed E-state index contributed by atoms with van der Waals surface area (Å²) in [6.07, 6.45) is 1.47. The molecule has 4 N–H and O–H groups in total. The zero-order valence-electron chi connectivity index (χ0n) is 20.0. The predicted octanol–water partition coefficient (Wildman–Crippen LogP) is 5.59. The Kier molecular flexibility index (Phi) is 9.49. The van der Waals surface area contributed by atoms with Crippen LogP contribution in [0, 0.1) is 13.8 Å². The molecular formula is C26H26Br2N4O4. The van der Waals surface area contributed by atoms with E-state index in [9.17, 15) is 9.59 Å². The van der Waals surface area contributed by atoms with E-state index in [-0.39, 0.29) is 12.5 Å². The van der Waals surface area contributed by atoms with Gasteiger partial charge in [0.25, 0.3) is 11.8 Å². The Morgan fingerprint density at radius 3 is 2.47 bits per heavy atom. The second kappa shape index (κ2) is 12.5. The average Bonchev–Trinajstić information content (AvgIpc) is 2.82. The maximum Gasteiger partial charge on any atom is 0.273 e. The lowest BCUT2D eigenvalue weighted by Crippen LogP contribution is -2.21. The Hall–Kier alpha value is -3.37. The van der Waals surface area contributed by atoms with Crippen molar-refractivity contribution >= 4 is 61.3 Å². The molecule has 0 unspecified atom stereocenters. The fourth-order valence-corrected chi connectivity index (χ4v) is 4.33. The minimum absolute atomic E-state index is 0.222. The molecule has 0 aliphatic rings. The van der Waals surface area contributed by atoms with Crippen LogP contribution in [0.3, 0.4) is 0 Å². The SMILES string of the molecule is CCOc1cc(/C=N/NC(=O)c2ccccc2N)cc(Br)c1OCC(=O)Nc1cc(C)c(C)cc1Br. The third-order valence-corrected chi connectivity index (χ3v) is 6.37. The summed E-state index contributed by atoms with van der Waals surface area (Å²) in [6, 6.07) is 14.0. The summed E-state index contributed by atoms with van der Waals surface area (Å²) in [6.45, 7) is 5.98. The molecule has 10 heteroatoms. The second-order valence-electron chi connectivity index (χ2n) is 7.80. The van der Waals surface area contributed by atoms with Gasteiger partial charge in [0, 0.05) is 10.2 Å². The highest BCUT2D eigenvalue weighted by atomic mass is 79.9. The zero-order valence-corrected chi connectivity index (χ0v) is 23.2. The first kappa shape index (κ1) is 27.2. The Bertz CT molecular complexity index is 1310. The summed E-state index contributed by atoms with van der Waals surface area (Å²) in [4.78, 5) is 24.8. The van der Waals surface area contributed by atoms with Crippen LogP contribution in [0.25, 0.3) is 0 Å². The molecule has 0 spiro atoms. The van der Waals surface area contributed by atoms with Crippen molar-refractivity contribution in [3.8, 4) is 11.5 Å². The van der Waals surface area contributed by atoms with Crippen molar-refractivity contribution in [2.75, 3.05) is 24.3 Å². The van der Waals surface area contributed by atoms with Crippen molar-refractivity contribution < 1.29 is 19.1 Å². The van der Waals surface area contributed by atoms with Crippen LogP contribution in [-0.4, -0.2) is 31.2 Å². The molecule has 0 heterocycles. The van der Waals surface area contributed by atoms with Crippen molar-refractivity contribution in [3.05, 3.63) is 79.7 Å². The fraction of sp³-hybridized carbons (Fsp3) is 0.192. The summed E-state index contributed by atoms with van der Waals surface area (Å²) >= 11 is 6.95. The molecule has 0 radical (unpaired) electrons. The molecule has 0 aliphatic heterocycles. The van der Waals surface area contributed by atoms with Gasteiger partial charge < -0.3 is 20.5 Å². The maximum atomic E-state index is 12.5. The summed E-state index contributed by atoms with van der Waals surface area (Å²) < 4.78 is 12.9. The van der Waals surface area contributed by atoms with Crippen LogP contribution in [0.4, 0.5) is 11.4 Å². The molecule has 8 nitrogen and oxygen atoms in total. The number of carbonyl (C=O) groups is 2. The van der Waals surface area contributed by atoms with Gasteiger partial charge in [-0.05, 0) is 106 Å². The minimum atomic E-state index is -0.421. The smallest absolute Gasteiger partial charge is 0.273 e. The Morgan fingerprint density at radius 1 is 1.03 bits per heavy atom. The van der Waals surface area contributed by atoms with Crippen molar-refractivity contribution in [2.24, 2.45) is 5.10 Å². The largest absolute Gasteiger partial charge is 0.490 e. The number of nitrogen functional groups attached to an aromatic ring is 1.